The Hall–Kier alpha value is -6.97. The zero-order valence-corrected chi connectivity index (χ0v) is 63.9. The van der Waals surface area contributed by atoms with Crippen molar-refractivity contribution in [3.8, 4) is 0 Å². The van der Waals surface area contributed by atoms with Crippen LogP contribution in [0.4, 0.5) is 0 Å². The predicted octanol–water partition coefficient (Wildman–Crippen LogP) is -11.3. The zero-order chi connectivity index (χ0) is 82.4. The molecule has 114 heavy (non-hydrogen) atoms. The summed E-state index contributed by atoms with van der Waals surface area (Å²) in [4.78, 5) is 64.9. The van der Waals surface area contributed by atoms with Crippen molar-refractivity contribution in [1.29, 1.82) is 0 Å². The minimum Gasteiger partial charge on any atom is -0.480 e. The van der Waals surface area contributed by atoms with E-state index in [9.17, 15) is 90.4 Å². The lowest BCUT2D eigenvalue weighted by Gasteiger charge is -2.42. The highest BCUT2D eigenvalue weighted by Gasteiger charge is 2.49. The lowest BCUT2D eigenvalue weighted by Crippen LogP contribution is -2.64. The minimum absolute atomic E-state index is 0.0163. The van der Waals surface area contributed by atoms with Crippen LogP contribution in [0.3, 0.4) is 0 Å². The number of aliphatic hydroxyl groups is 12. The molecule has 0 saturated carbocycles. The number of hydrogen-bond acceptors (Lipinski definition) is 40. The maximum atomic E-state index is 13.6. The third kappa shape index (κ3) is 28.4. The molecule has 646 valence electrons. The molecular formula is C66H112N18O30. The van der Waals surface area contributed by atoms with E-state index in [0.717, 1.165) is 5.70 Å². The average Bonchev–Trinajstić information content (AvgIpc) is 1.16. The van der Waals surface area contributed by atoms with Gasteiger partial charge in [0.05, 0.1) is 155 Å². The number of hydrazine groups is 2. The van der Waals surface area contributed by atoms with E-state index in [2.05, 4.69) is 68.1 Å². The van der Waals surface area contributed by atoms with Gasteiger partial charge in [0, 0.05) is 78.7 Å². The number of carbonyl (C=O) groups is 5. The number of nitrogens with one attached hydrogen (secondary N) is 6. The van der Waals surface area contributed by atoms with Crippen LogP contribution in [0.15, 0.2) is 30.5 Å². The minimum atomic E-state index is -1.50. The number of carboxylic acids is 1. The summed E-state index contributed by atoms with van der Waals surface area (Å²) in [6.07, 6.45) is -13.5. The molecule has 19 N–H and O–H groups in total. The van der Waals surface area contributed by atoms with Gasteiger partial charge in [-0.15, -0.1) is 20.8 Å². The van der Waals surface area contributed by atoms with Crippen molar-refractivity contribution in [2.45, 2.75) is 215 Å². The Morgan fingerprint density at radius 3 is 1.09 bits per heavy atom. The van der Waals surface area contributed by atoms with E-state index in [-0.39, 0.29) is 125 Å². The quantitative estimate of drug-likeness (QED) is 0.0233. The van der Waals surface area contributed by atoms with Crippen molar-refractivity contribution in [1.82, 2.24) is 92.0 Å². The van der Waals surface area contributed by atoms with Crippen LogP contribution >= 0.6 is 0 Å². The Labute approximate surface area is 654 Å². The van der Waals surface area contributed by atoms with Gasteiger partial charge >= 0.3 is 5.97 Å². The van der Waals surface area contributed by atoms with Crippen molar-refractivity contribution in [2.75, 3.05) is 125 Å². The molecule has 0 aromatic carbocycles. The summed E-state index contributed by atoms with van der Waals surface area (Å²) in [5.74, 6) is -3.16. The average molecular weight is 1640 g/mol. The first-order valence-electron chi connectivity index (χ1n) is 37.5. The van der Waals surface area contributed by atoms with Crippen LogP contribution in [0.2, 0.25) is 0 Å². The van der Waals surface area contributed by atoms with Crippen molar-refractivity contribution in [3.05, 3.63) is 47.6 Å². The van der Waals surface area contributed by atoms with E-state index in [4.69, 9.17) is 56.8 Å². The van der Waals surface area contributed by atoms with E-state index >= 15 is 0 Å². The molecule has 4 saturated heterocycles. The smallest absolute Gasteiger partial charge is 0.320 e. The second kappa shape index (κ2) is 47.4. The number of aliphatic carboxylic acids is 1. The second-order valence-electron chi connectivity index (χ2n) is 27.6. The topological polar surface area (TPSA) is 633 Å². The summed E-state index contributed by atoms with van der Waals surface area (Å²) in [6.45, 7) is 4.95. The number of carbonyl (C=O) groups excluding carboxylic acids is 4. The van der Waals surface area contributed by atoms with Gasteiger partial charge in [0.2, 0.25) is 23.6 Å². The van der Waals surface area contributed by atoms with E-state index in [0.29, 0.717) is 49.6 Å². The first-order chi connectivity index (χ1) is 54.8. The summed E-state index contributed by atoms with van der Waals surface area (Å²) in [5.41, 5.74) is 8.41. The molecule has 4 amide bonds. The van der Waals surface area contributed by atoms with E-state index < -0.39 is 185 Å². The Balaban J connectivity index is 0.891. The number of amides is 4. The first kappa shape index (κ1) is 92.5. The van der Waals surface area contributed by atoms with Gasteiger partial charge < -0.3 is 150 Å². The maximum Gasteiger partial charge on any atom is 0.320 e. The van der Waals surface area contributed by atoms with Gasteiger partial charge in [0.15, 0.2) is 25.2 Å². The Bertz CT molecular complexity index is 3290. The third-order valence-electron chi connectivity index (χ3n) is 18.8. The molecule has 0 spiro atoms. The molecule has 8 rings (SSSR count). The molecular weight excluding hydrogens is 1520 g/mol. The molecule has 48 heteroatoms. The second-order valence-corrected chi connectivity index (χ2v) is 27.6. The molecule has 5 aliphatic rings. The van der Waals surface area contributed by atoms with Gasteiger partial charge in [-0.1, -0.05) is 22.1 Å². The van der Waals surface area contributed by atoms with Gasteiger partial charge in [-0.2, -0.15) is 0 Å². The molecule has 0 bridgehead atoms. The molecule has 21 unspecified atom stereocenters. The first-order valence-corrected chi connectivity index (χ1v) is 37.5. The summed E-state index contributed by atoms with van der Waals surface area (Å²) in [7, 11) is 0. The molecule has 3 aromatic heterocycles. The zero-order valence-electron chi connectivity index (χ0n) is 63.9. The molecule has 4 fully saturated rings. The van der Waals surface area contributed by atoms with Crippen LogP contribution in [0.5, 0.6) is 0 Å². The monoisotopic (exact) mass is 1640 g/mol. The van der Waals surface area contributed by atoms with Crippen LogP contribution in [0.25, 0.3) is 0 Å². The highest BCUT2D eigenvalue weighted by Crippen LogP contribution is 2.27. The lowest BCUT2D eigenvalue weighted by molar-refractivity contribution is -0.272. The summed E-state index contributed by atoms with van der Waals surface area (Å²) in [6, 6.07) is -5.64. The van der Waals surface area contributed by atoms with Gasteiger partial charge in [-0.05, 0) is 19.4 Å². The number of unbranched alkanes of at least 4 members (excludes halogenated alkanes) is 1. The fourth-order valence-electron chi connectivity index (χ4n) is 13.1. The van der Waals surface area contributed by atoms with E-state index in [1.54, 1.807) is 33.2 Å². The van der Waals surface area contributed by atoms with Crippen molar-refractivity contribution in [3.63, 3.8) is 0 Å². The highest BCUT2D eigenvalue weighted by atomic mass is 16.7. The Kier molecular flexibility index (Phi) is 38.5. The van der Waals surface area contributed by atoms with Gasteiger partial charge in [0.1, 0.15) is 103 Å². The van der Waals surface area contributed by atoms with Crippen LogP contribution in [0, 0.1) is 0 Å². The van der Waals surface area contributed by atoms with Crippen molar-refractivity contribution < 1.29 is 147 Å². The summed E-state index contributed by atoms with van der Waals surface area (Å²) >= 11 is 0. The van der Waals surface area contributed by atoms with Crippen LogP contribution in [-0.2, 0) is 120 Å². The number of aliphatic hydroxyl groups excluding tert-OH is 12. The molecule has 3 aromatic rings. The fraction of sp³-hybridized carbons (Fsp3) is 0.803. The summed E-state index contributed by atoms with van der Waals surface area (Å²) in [5, 5.41) is 172. The molecule has 5 aliphatic heterocycles. The van der Waals surface area contributed by atoms with E-state index in [1.165, 1.54) is 37.1 Å². The normalized spacial score (nSPS) is 28.8. The number of ether oxygens (including phenoxy) is 12. The van der Waals surface area contributed by atoms with Crippen LogP contribution in [0.1, 0.15) is 64.0 Å². The molecule has 0 aliphatic carbocycles. The largest absolute Gasteiger partial charge is 0.480 e. The SMILES string of the molecule is CC(=O)NC1C(OCCOCCN2C=C(CN(CCCCC(C(=O)O)N(Cc3cn(CCOCCOC4OC(CO)C(O)C(O)C4NC(C)=O)nn3)Cc3cn(CCOCCOC4OC(CO)C(O)C(O)C4NC(C)=O)nn3)Cc3cn(CCOCCOC4OC(CO)C(O)C(O)C4NC(C)=O)nn3)NN2)OC(CO)C(O)C1O. The third-order valence-corrected chi connectivity index (χ3v) is 18.8. The molecule has 21 atom stereocenters. The maximum absolute atomic E-state index is 13.6. The molecule has 0 radical (unpaired) electrons. The van der Waals surface area contributed by atoms with Crippen molar-refractivity contribution in [2.24, 2.45) is 0 Å². The lowest BCUT2D eigenvalue weighted by atomic mass is 9.97. The molecule has 8 heterocycles. The number of nitrogens with zero attached hydrogens (tertiary/aromatic N) is 12. The standard InChI is InChI=1S/C66H112N18O30/c1-37(89)67-50-58(97)54(93)46(33-85)111-63(50)107-21-17-103-13-9-81-29-41(71-75-81)25-79(26-42-30-82(76-72-42)10-14-104-18-22-108-64-51(68-38(2)90)59(98)55(94)47(34-86)112-64)8-6-5-7-45(62(101)102)80(27-43-31-83(77-73-43)11-15-105-19-23-109-65-52(69-39(3)91)60(99)56(95)48(35-87)113-65)28-44-32-84(78-74-44)12-16-106-20-24-110-66-53(70-40(4)92)61(100)57(96)49(36-88)114-66/h29-32,45-61,63-66,71,75,85-88,93-100H,5-28,33-36H2,1-4H3,(H,67,89)(H,68,90)(H,69,91)(H,70,92)(H,101,102). The van der Waals surface area contributed by atoms with Crippen LogP contribution < -0.4 is 32.2 Å². The fourth-order valence-corrected chi connectivity index (χ4v) is 13.1. The Morgan fingerprint density at radius 2 is 0.772 bits per heavy atom. The predicted molar refractivity (Wildman–Crippen MR) is 379 cm³/mol. The molecule has 48 nitrogen and oxygen atoms in total. The Morgan fingerprint density at radius 1 is 0.447 bits per heavy atom. The van der Waals surface area contributed by atoms with Gasteiger partial charge in [-0.3, -0.25) is 38.8 Å². The van der Waals surface area contributed by atoms with Crippen LogP contribution in [-0.4, -0.2) is 410 Å². The van der Waals surface area contributed by atoms with Gasteiger partial charge in [0.25, 0.3) is 0 Å². The number of rotatable bonds is 51. The number of aromatic nitrogens is 9. The number of hydrogen-bond donors (Lipinski definition) is 19. The summed E-state index contributed by atoms with van der Waals surface area (Å²) < 4.78 is 73.3. The number of carboxylic acid groups (broad SMARTS) is 1. The van der Waals surface area contributed by atoms with E-state index in [1.807, 2.05) is 6.20 Å². The van der Waals surface area contributed by atoms with Gasteiger partial charge in [-0.25, -0.2) is 14.0 Å². The highest BCUT2D eigenvalue weighted by molar-refractivity contribution is 5.75. The van der Waals surface area contributed by atoms with Crippen molar-refractivity contribution >= 4 is 29.6 Å².